The maximum absolute atomic E-state index is 10.2. The van der Waals surface area contributed by atoms with Crippen molar-refractivity contribution in [1.29, 1.82) is 0 Å². The molecule has 0 fully saturated rings. The van der Waals surface area contributed by atoms with Crippen LogP contribution >= 0.6 is 0 Å². The third-order valence-corrected chi connectivity index (χ3v) is 1.40. The van der Waals surface area contributed by atoms with E-state index in [0.29, 0.717) is 0 Å². The second-order valence-electron chi connectivity index (χ2n) is 1.65. The molecule has 0 aliphatic heterocycles. The molecule has 5 nitrogen and oxygen atoms in total. The van der Waals surface area contributed by atoms with E-state index in [4.69, 9.17) is 4.55 Å². The number of hydrogen-bond donors (Lipinski definition) is 1. The molecule has 0 atom stereocenters. The molecule has 0 saturated carbocycles. The molecule has 6 heteroatoms. The van der Waals surface area contributed by atoms with E-state index in [1.165, 1.54) is 12.5 Å². The van der Waals surface area contributed by atoms with Crippen molar-refractivity contribution in [1.82, 2.24) is 4.98 Å². The van der Waals surface area contributed by atoms with Crippen molar-refractivity contribution in [3.8, 4) is 0 Å². The van der Waals surface area contributed by atoms with Gasteiger partial charge in [-0.05, 0) is 0 Å². The average molecular weight is 163 g/mol. The standard InChI is InChI=1S/C4H5NO4S/c6-10(7,8)3-4-5-1-2-9-4/h1-2H,3H2,(H,6,7,8). The average Bonchev–Trinajstić information content (AvgIpc) is 2.12. The van der Waals surface area contributed by atoms with E-state index in [9.17, 15) is 8.42 Å². The number of hydrogen-bond acceptors (Lipinski definition) is 4. The molecule has 1 aromatic heterocycles. The summed E-state index contributed by atoms with van der Waals surface area (Å²) in [5.74, 6) is -0.581. The Balaban J connectivity index is 2.75. The Labute approximate surface area is 57.4 Å². The second-order valence-corrected chi connectivity index (χ2v) is 3.10. The molecule has 0 aliphatic rings. The van der Waals surface area contributed by atoms with Crippen LogP contribution in [0.15, 0.2) is 16.9 Å². The van der Waals surface area contributed by atoms with E-state index in [-0.39, 0.29) is 5.89 Å². The van der Waals surface area contributed by atoms with Gasteiger partial charge in [0.25, 0.3) is 10.1 Å². The molecule has 0 aliphatic carbocycles. The first-order chi connectivity index (χ1) is 4.58. The summed E-state index contributed by atoms with van der Waals surface area (Å²) < 4.78 is 33.1. The Kier molecular flexibility index (Phi) is 1.73. The summed E-state index contributed by atoms with van der Waals surface area (Å²) in [4.78, 5) is 3.50. The van der Waals surface area contributed by atoms with Crippen LogP contribution in [0.3, 0.4) is 0 Å². The molecule has 0 amide bonds. The fraction of sp³-hybridized carbons (Fsp3) is 0.250. The molecule has 0 spiro atoms. The quantitative estimate of drug-likeness (QED) is 0.623. The van der Waals surface area contributed by atoms with Crippen molar-refractivity contribution < 1.29 is 17.4 Å². The molecule has 0 saturated heterocycles. The molecule has 0 aromatic carbocycles. The molecule has 0 radical (unpaired) electrons. The van der Waals surface area contributed by atoms with Gasteiger partial charge in [-0.2, -0.15) is 8.42 Å². The first-order valence-electron chi connectivity index (χ1n) is 2.41. The Morgan fingerprint density at radius 1 is 1.70 bits per heavy atom. The van der Waals surface area contributed by atoms with Gasteiger partial charge in [0, 0.05) is 0 Å². The first kappa shape index (κ1) is 7.23. The summed E-state index contributed by atoms with van der Waals surface area (Å²) in [7, 11) is -4.00. The first-order valence-corrected chi connectivity index (χ1v) is 4.02. The molecule has 0 bridgehead atoms. The zero-order valence-corrected chi connectivity index (χ0v) is 5.71. The number of aromatic nitrogens is 1. The molecular formula is C4H5NO4S. The van der Waals surface area contributed by atoms with Crippen LogP contribution in [0.4, 0.5) is 0 Å². The normalized spacial score (nSPS) is 11.7. The minimum absolute atomic E-state index is 0.0116. The molecule has 1 heterocycles. The van der Waals surface area contributed by atoms with E-state index in [0.717, 1.165) is 0 Å². The highest BCUT2D eigenvalue weighted by Crippen LogP contribution is 1.99. The molecule has 1 aromatic rings. The van der Waals surface area contributed by atoms with Gasteiger partial charge in [-0.3, -0.25) is 4.55 Å². The predicted molar refractivity (Wildman–Crippen MR) is 31.8 cm³/mol. The Hall–Kier alpha value is -0.880. The summed E-state index contributed by atoms with van der Waals surface area (Å²) in [6, 6.07) is 0. The van der Waals surface area contributed by atoms with E-state index < -0.39 is 15.9 Å². The highest BCUT2D eigenvalue weighted by Gasteiger charge is 2.09. The zero-order chi connectivity index (χ0) is 7.61. The van der Waals surface area contributed by atoms with Crippen LogP contribution in [0, 0.1) is 0 Å². The fourth-order valence-electron chi connectivity index (χ4n) is 0.480. The van der Waals surface area contributed by atoms with Crippen LogP contribution in [-0.2, 0) is 15.9 Å². The molecule has 1 N–H and O–H groups in total. The van der Waals surface area contributed by atoms with Crippen LogP contribution < -0.4 is 0 Å². The number of rotatable bonds is 2. The van der Waals surface area contributed by atoms with E-state index in [1.807, 2.05) is 0 Å². The lowest BCUT2D eigenvalue weighted by atomic mass is 10.8. The summed E-state index contributed by atoms with van der Waals surface area (Å²) in [6.07, 6.45) is 2.54. The van der Waals surface area contributed by atoms with Gasteiger partial charge in [0.1, 0.15) is 6.26 Å². The summed E-state index contributed by atoms with van der Waals surface area (Å²) in [5.41, 5.74) is 0. The fourth-order valence-corrected chi connectivity index (χ4v) is 0.935. The maximum Gasteiger partial charge on any atom is 0.273 e. The molecule has 10 heavy (non-hydrogen) atoms. The van der Waals surface area contributed by atoms with Crippen LogP contribution in [0.25, 0.3) is 0 Å². The van der Waals surface area contributed by atoms with Gasteiger partial charge in [0.2, 0.25) is 5.89 Å². The van der Waals surface area contributed by atoms with Gasteiger partial charge >= 0.3 is 0 Å². The zero-order valence-electron chi connectivity index (χ0n) is 4.89. The van der Waals surface area contributed by atoms with Gasteiger partial charge < -0.3 is 4.42 Å². The van der Waals surface area contributed by atoms with Crippen LogP contribution in [0.1, 0.15) is 5.89 Å². The lowest BCUT2D eigenvalue weighted by molar-refractivity contribution is 0.462. The highest BCUT2D eigenvalue weighted by atomic mass is 32.2. The van der Waals surface area contributed by atoms with Gasteiger partial charge in [0.15, 0.2) is 5.75 Å². The molecular weight excluding hydrogens is 158 g/mol. The highest BCUT2D eigenvalue weighted by molar-refractivity contribution is 7.84. The Morgan fingerprint density at radius 2 is 2.40 bits per heavy atom. The van der Waals surface area contributed by atoms with Gasteiger partial charge in [0.05, 0.1) is 6.20 Å². The van der Waals surface area contributed by atoms with E-state index in [1.54, 1.807) is 0 Å². The van der Waals surface area contributed by atoms with Crippen molar-refractivity contribution in [3.63, 3.8) is 0 Å². The van der Waals surface area contributed by atoms with Crippen molar-refractivity contribution in [2.45, 2.75) is 5.75 Å². The van der Waals surface area contributed by atoms with Crippen molar-refractivity contribution in [3.05, 3.63) is 18.4 Å². The summed E-state index contributed by atoms with van der Waals surface area (Å²) in [5, 5.41) is 0. The van der Waals surface area contributed by atoms with E-state index >= 15 is 0 Å². The van der Waals surface area contributed by atoms with Crippen molar-refractivity contribution in [2.75, 3.05) is 0 Å². The SMILES string of the molecule is O=S(=O)(O)Cc1ncco1. The predicted octanol–water partition coefficient (Wildman–Crippen LogP) is 0.0624. The summed E-state index contributed by atoms with van der Waals surface area (Å²) >= 11 is 0. The lowest BCUT2D eigenvalue weighted by Crippen LogP contribution is -2.01. The van der Waals surface area contributed by atoms with Crippen molar-refractivity contribution >= 4 is 10.1 Å². The Morgan fingerprint density at radius 3 is 2.80 bits per heavy atom. The topological polar surface area (TPSA) is 80.4 Å². The van der Waals surface area contributed by atoms with Crippen LogP contribution in [0.5, 0.6) is 0 Å². The van der Waals surface area contributed by atoms with Crippen molar-refractivity contribution in [2.24, 2.45) is 0 Å². The third kappa shape index (κ3) is 2.16. The minimum Gasteiger partial charge on any atom is -0.448 e. The van der Waals surface area contributed by atoms with Gasteiger partial charge in [-0.15, -0.1) is 0 Å². The smallest absolute Gasteiger partial charge is 0.273 e. The minimum atomic E-state index is -4.00. The summed E-state index contributed by atoms with van der Waals surface area (Å²) in [6.45, 7) is 0. The lowest BCUT2D eigenvalue weighted by Gasteiger charge is -1.88. The monoisotopic (exact) mass is 163 g/mol. The van der Waals surface area contributed by atoms with Crippen LogP contribution in [0.2, 0.25) is 0 Å². The van der Waals surface area contributed by atoms with Gasteiger partial charge in [-0.25, -0.2) is 4.98 Å². The third-order valence-electron chi connectivity index (χ3n) is 0.789. The van der Waals surface area contributed by atoms with Crippen LogP contribution in [-0.4, -0.2) is 18.0 Å². The number of nitrogens with zero attached hydrogens (tertiary/aromatic N) is 1. The van der Waals surface area contributed by atoms with E-state index in [2.05, 4.69) is 9.40 Å². The molecule has 56 valence electrons. The molecule has 0 unspecified atom stereocenters. The second kappa shape index (κ2) is 2.39. The Bertz CT molecular complexity index is 287. The maximum atomic E-state index is 10.2. The number of oxazole rings is 1. The van der Waals surface area contributed by atoms with Gasteiger partial charge in [-0.1, -0.05) is 0 Å². The largest absolute Gasteiger partial charge is 0.448 e. The molecule has 1 rings (SSSR count).